The van der Waals surface area contributed by atoms with Gasteiger partial charge in [0, 0.05) is 5.22 Å². The van der Waals surface area contributed by atoms with Gasteiger partial charge in [0.05, 0.1) is 18.2 Å². The maximum atomic E-state index is 4.87. The van der Waals surface area contributed by atoms with Crippen LogP contribution in [0.3, 0.4) is 0 Å². The second kappa shape index (κ2) is 2.81. The third-order valence-corrected chi connectivity index (χ3v) is 1.73. The second-order valence-corrected chi connectivity index (χ2v) is 2.59. The summed E-state index contributed by atoms with van der Waals surface area (Å²) in [6, 6.07) is 8.00. The fraction of sp³-hybridized carbons (Fsp3) is 0.100. The molecule has 0 fully saturated rings. The van der Waals surface area contributed by atoms with Gasteiger partial charge in [-0.1, -0.05) is 18.2 Å². The predicted octanol–water partition coefficient (Wildman–Crippen LogP) is 0.588. The van der Waals surface area contributed by atoms with E-state index in [1.54, 1.807) is 13.4 Å². The molecule has 2 rings (SSSR count). The van der Waals surface area contributed by atoms with Gasteiger partial charge in [0.15, 0.2) is 0 Å². The van der Waals surface area contributed by atoms with Gasteiger partial charge in [-0.15, -0.1) is 0 Å². The number of hydrogen-bond donors (Lipinski definition) is 0. The van der Waals surface area contributed by atoms with E-state index in [-0.39, 0.29) is 0 Å². The van der Waals surface area contributed by atoms with Crippen molar-refractivity contribution in [2.45, 2.75) is 0 Å². The third kappa shape index (κ3) is 1.11. The number of fused-ring (bicyclic) bond motifs is 1. The molecule has 0 aromatic heterocycles. The summed E-state index contributed by atoms with van der Waals surface area (Å²) in [5.74, 6) is 0. The van der Waals surface area contributed by atoms with E-state index in [4.69, 9.17) is 4.74 Å². The fourth-order valence-corrected chi connectivity index (χ4v) is 1.22. The van der Waals surface area contributed by atoms with Crippen LogP contribution >= 0.6 is 0 Å². The molecule has 0 aliphatic carbocycles. The van der Waals surface area contributed by atoms with Gasteiger partial charge < -0.3 is 4.74 Å². The molecule has 1 aliphatic rings. The summed E-state index contributed by atoms with van der Waals surface area (Å²) in [5.41, 5.74) is 0.874. The molecule has 0 saturated heterocycles. The molecule has 0 unspecified atom stereocenters. The van der Waals surface area contributed by atoms with Crippen molar-refractivity contribution in [3.63, 3.8) is 0 Å². The number of methoxy groups -OCH3 is 1. The SMILES string of the molecule is COC=C1C=c2ccccc2=N1. The monoisotopic (exact) mass is 159 g/mol. The topological polar surface area (TPSA) is 21.6 Å². The van der Waals surface area contributed by atoms with E-state index in [9.17, 15) is 0 Å². The zero-order valence-corrected chi connectivity index (χ0v) is 6.82. The minimum absolute atomic E-state index is 0.874. The standard InChI is InChI=1S/C10H9NO/c1-12-7-9-6-8-4-2-3-5-10(8)11-9/h2-7H,1H3. The van der Waals surface area contributed by atoms with E-state index in [2.05, 4.69) is 4.99 Å². The second-order valence-electron chi connectivity index (χ2n) is 2.59. The molecule has 2 nitrogen and oxygen atoms in total. The van der Waals surface area contributed by atoms with Gasteiger partial charge >= 0.3 is 0 Å². The van der Waals surface area contributed by atoms with Crippen molar-refractivity contribution in [1.82, 2.24) is 0 Å². The van der Waals surface area contributed by atoms with Crippen molar-refractivity contribution in [3.8, 4) is 0 Å². The van der Waals surface area contributed by atoms with Crippen LogP contribution in [-0.2, 0) is 4.74 Å². The van der Waals surface area contributed by atoms with Gasteiger partial charge in [-0.3, -0.25) is 0 Å². The molecule has 12 heavy (non-hydrogen) atoms. The van der Waals surface area contributed by atoms with E-state index < -0.39 is 0 Å². The highest BCUT2D eigenvalue weighted by atomic mass is 16.5. The van der Waals surface area contributed by atoms with E-state index >= 15 is 0 Å². The number of rotatable bonds is 1. The molecule has 60 valence electrons. The van der Waals surface area contributed by atoms with Crippen LogP contribution in [0.4, 0.5) is 0 Å². The summed E-state index contributed by atoms with van der Waals surface area (Å²) >= 11 is 0. The van der Waals surface area contributed by atoms with Crippen LogP contribution in [0.5, 0.6) is 0 Å². The number of ether oxygens (including phenoxy) is 1. The highest BCUT2D eigenvalue weighted by Gasteiger charge is 1.97. The number of allylic oxidation sites excluding steroid dienone is 1. The molecule has 1 aromatic carbocycles. The van der Waals surface area contributed by atoms with Crippen LogP contribution in [0.2, 0.25) is 0 Å². The van der Waals surface area contributed by atoms with E-state index in [1.165, 1.54) is 0 Å². The molecule has 1 heterocycles. The molecule has 0 N–H and O–H groups in total. The van der Waals surface area contributed by atoms with E-state index in [0.29, 0.717) is 0 Å². The molecule has 0 bridgehead atoms. The Morgan fingerprint density at radius 1 is 1.33 bits per heavy atom. The average Bonchev–Trinajstić information content (AvgIpc) is 2.47. The average molecular weight is 159 g/mol. The lowest BCUT2D eigenvalue weighted by Gasteiger charge is -1.86. The molecule has 0 spiro atoms. The molecule has 0 amide bonds. The van der Waals surface area contributed by atoms with Gasteiger partial charge in [-0.05, 0) is 12.1 Å². The first-order valence-corrected chi connectivity index (χ1v) is 3.78. The van der Waals surface area contributed by atoms with E-state index in [0.717, 1.165) is 16.3 Å². The molecule has 0 atom stereocenters. The lowest BCUT2D eigenvalue weighted by Crippen LogP contribution is -2.19. The maximum Gasteiger partial charge on any atom is 0.108 e. The number of para-hydroxylation sites is 1. The summed E-state index contributed by atoms with van der Waals surface area (Å²) < 4.78 is 4.87. The first-order chi connectivity index (χ1) is 5.90. The maximum absolute atomic E-state index is 4.87. The molecule has 1 aliphatic heterocycles. The summed E-state index contributed by atoms with van der Waals surface area (Å²) in [6.45, 7) is 0. The largest absolute Gasteiger partial charge is 0.502 e. The Kier molecular flexibility index (Phi) is 1.67. The van der Waals surface area contributed by atoms with Crippen LogP contribution in [0.1, 0.15) is 0 Å². The summed E-state index contributed by atoms with van der Waals surface area (Å²) in [6.07, 6.45) is 3.64. The molecule has 0 radical (unpaired) electrons. The van der Waals surface area contributed by atoms with Crippen molar-refractivity contribution < 1.29 is 4.74 Å². The number of benzene rings is 1. The molecular formula is C10H9NO. The van der Waals surface area contributed by atoms with Crippen LogP contribution < -0.4 is 10.6 Å². The van der Waals surface area contributed by atoms with Gasteiger partial charge in [-0.25, -0.2) is 4.99 Å². The van der Waals surface area contributed by atoms with Crippen molar-refractivity contribution >= 4 is 6.08 Å². The highest BCUT2D eigenvalue weighted by molar-refractivity contribution is 5.48. The Morgan fingerprint density at radius 3 is 2.92 bits per heavy atom. The first-order valence-electron chi connectivity index (χ1n) is 3.78. The zero-order chi connectivity index (χ0) is 8.39. The van der Waals surface area contributed by atoms with Gasteiger partial charge in [-0.2, -0.15) is 0 Å². The Hall–Kier alpha value is -1.57. The van der Waals surface area contributed by atoms with Crippen molar-refractivity contribution in [2.75, 3.05) is 7.11 Å². The normalized spacial score (nSPS) is 16.6. The van der Waals surface area contributed by atoms with Gasteiger partial charge in [0.25, 0.3) is 0 Å². The quantitative estimate of drug-likeness (QED) is 0.549. The summed E-state index contributed by atoms with van der Waals surface area (Å²) in [5, 5.41) is 2.17. The fourth-order valence-electron chi connectivity index (χ4n) is 1.22. The zero-order valence-electron chi connectivity index (χ0n) is 6.82. The van der Waals surface area contributed by atoms with Gasteiger partial charge in [0.1, 0.15) is 6.26 Å². The molecular weight excluding hydrogens is 150 g/mol. The predicted molar refractivity (Wildman–Crippen MR) is 46.8 cm³/mol. The van der Waals surface area contributed by atoms with Crippen molar-refractivity contribution in [2.24, 2.45) is 4.99 Å². The Labute approximate surface area is 70.5 Å². The van der Waals surface area contributed by atoms with Crippen molar-refractivity contribution in [3.05, 3.63) is 46.8 Å². The molecule has 2 heteroatoms. The Morgan fingerprint density at radius 2 is 2.17 bits per heavy atom. The number of hydrogen-bond acceptors (Lipinski definition) is 2. The van der Waals surface area contributed by atoms with Crippen LogP contribution in [0.15, 0.2) is 41.2 Å². The van der Waals surface area contributed by atoms with Crippen LogP contribution in [0, 0.1) is 0 Å². The van der Waals surface area contributed by atoms with E-state index in [1.807, 2.05) is 30.3 Å². The smallest absolute Gasteiger partial charge is 0.108 e. The minimum Gasteiger partial charge on any atom is -0.502 e. The lowest BCUT2D eigenvalue weighted by molar-refractivity contribution is 0.335. The van der Waals surface area contributed by atoms with Crippen LogP contribution in [-0.4, -0.2) is 7.11 Å². The summed E-state index contributed by atoms with van der Waals surface area (Å²) in [4.78, 5) is 4.32. The Balaban J connectivity index is 2.60. The first kappa shape index (κ1) is 7.10. The Bertz CT molecular complexity index is 394. The highest BCUT2D eigenvalue weighted by Crippen LogP contribution is 1.99. The van der Waals surface area contributed by atoms with Crippen molar-refractivity contribution in [1.29, 1.82) is 0 Å². The molecule has 1 aromatic rings. The summed E-state index contributed by atoms with van der Waals surface area (Å²) in [7, 11) is 1.62. The minimum atomic E-state index is 0.874. The van der Waals surface area contributed by atoms with Crippen LogP contribution in [0.25, 0.3) is 6.08 Å². The lowest BCUT2D eigenvalue weighted by atomic mass is 10.3. The molecule has 0 saturated carbocycles. The third-order valence-electron chi connectivity index (χ3n) is 1.73. The number of nitrogens with zero attached hydrogens (tertiary/aromatic N) is 1. The van der Waals surface area contributed by atoms with Gasteiger partial charge in [0.2, 0.25) is 0 Å².